The number of carbonyl (C=O) groups is 3. The summed E-state index contributed by atoms with van der Waals surface area (Å²) in [4.78, 5) is 36.1. The van der Waals surface area contributed by atoms with Gasteiger partial charge >= 0.3 is 11.9 Å². The lowest BCUT2D eigenvalue weighted by Gasteiger charge is -2.30. The zero-order chi connectivity index (χ0) is 18.9. The van der Waals surface area contributed by atoms with E-state index >= 15 is 0 Å². The monoisotopic (exact) mass is 370 g/mol. The smallest absolute Gasteiger partial charge is 0.337 e. The number of nitrogens with two attached hydrogens (primary N) is 1. The van der Waals surface area contributed by atoms with Gasteiger partial charge in [0.05, 0.1) is 25.3 Å². The lowest BCUT2D eigenvalue weighted by molar-refractivity contribution is -0.156. The number of cyclic esters (lactones) is 2. The van der Waals surface area contributed by atoms with Gasteiger partial charge in [-0.05, 0) is 18.8 Å². The Bertz CT molecular complexity index is 492. The highest BCUT2D eigenvalue weighted by molar-refractivity contribution is 5.84. The molecule has 148 valence electrons. The van der Waals surface area contributed by atoms with Gasteiger partial charge in [0.2, 0.25) is 5.91 Å². The highest BCUT2D eigenvalue weighted by Gasteiger charge is 2.33. The van der Waals surface area contributed by atoms with Gasteiger partial charge in [-0.15, -0.1) is 0 Å². The Balaban J connectivity index is 2.05. The van der Waals surface area contributed by atoms with E-state index in [4.69, 9.17) is 15.2 Å². The van der Waals surface area contributed by atoms with Crippen LogP contribution in [0.3, 0.4) is 0 Å². The number of carbonyl (C=O) groups excluding carboxylic acids is 3. The van der Waals surface area contributed by atoms with Gasteiger partial charge < -0.3 is 25.6 Å². The minimum absolute atomic E-state index is 0.0459. The first-order valence-corrected chi connectivity index (χ1v) is 9.53. The lowest BCUT2D eigenvalue weighted by atomic mass is 9.83. The van der Waals surface area contributed by atoms with Crippen LogP contribution >= 0.6 is 0 Å². The number of amides is 1. The van der Waals surface area contributed by atoms with Crippen LogP contribution in [0.5, 0.6) is 0 Å². The maximum absolute atomic E-state index is 12.3. The zero-order valence-corrected chi connectivity index (χ0v) is 15.2. The van der Waals surface area contributed by atoms with Gasteiger partial charge in [0.15, 0.2) is 6.10 Å². The molecule has 0 aromatic rings. The summed E-state index contributed by atoms with van der Waals surface area (Å²) in [7, 11) is 0. The predicted octanol–water partition coefficient (Wildman–Crippen LogP) is 0.400. The molecule has 0 unspecified atom stereocenters. The molecule has 0 aromatic heterocycles. The second kappa shape index (κ2) is 10.5. The van der Waals surface area contributed by atoms with E-state index in [9.17, 15) is 19.5 Å². The molecule has 1 heterocycles. The van der Waals surface area contributed by atoms with E-state index in [-0.39, 0.29) is 26.1 Å². The van der Waals surface area contributed by atoms with Crippen molar-refractivity contribution in [1.82, 2.24) is 5.32 Å². The number of rotatable bonds is 2. The van der Waals surface area contributed by atoms with Gasteiger partial charge in [0.1, 0.15) is 0 Å². The first-order valence-electron chi connectivity index (χ1n) is 9.53. The van der Waals surface area contributed by atoms with E-state index in [0.717, 1.165) is 25.7 Å². The number of aliphatic hydroxyl groups is 1. The minimum atomic E-state index is -1.43. The van der Waals surface area contributed by atoms with Gasteiger partial charge in [-0.25, -0.2) is 4.79 Å². The van der Waals surface area contributed by atoms with Crippen LogP contribution in [0.2, 0.25) is 0 Å². The second-order valence-electron chi connectivity index (χ2n) is 7.19. The summed E-state index contributed by atoms with van der Waals surface area (Å²) in [6.07, 6.45) is 5.11. The van der Waals surface area contributed by atoms with Crippen molar-refractivity contribution in [1.29, 1.82) is 0 Å². The number of esters is 2. The summed E-state index contributed by atoms with van der Waals surface area (Å²) in [6, 6.07) is -1.64. The third kappa shape index (κ3) is 6.57. The molecule has 8 nitrogen and oxygen atoms in total. The van der Waals surface area contributed by atoms with Crippen molar-refractivity contribution >= 4 is 17.8 Å². The quantitative estimate of drug-likeness (QED) is 0.600. The fourth-order valence-electron chi connectivity index (χ4n) is 3.48. The first-order chi connectivity index (χ1) is 12.5. The molecular weight excluding hydrogens is 340 g/mol. The number of hydrogen-bond acceptors (Lipinski definition) is 7. The molecule has 0 aromatic carbocycles. The van der Waals surface area contributed by atoms with Crippen molar-refractivity contribution < 1.29 is 29.0 Å². The minimum Gasteiger partial charge on any atom is -0.466 e. The average molecular weight is 370 g/mol. The molecule has 2 rings (SSSR count). The van der Waals surface area contributed by atoms with Crippen molar-refractivity contribution in [3.8, 4) is 0 Å². The van der Waals surface area contributed by atoms with Crippen LogP contribution in [0.25, 0.3) is 0 Å². The molecule has 1 saturated carbocycles. The summed E-state index contributed by atoms with van der Waals surface area (Å²) in [5, 5.41) is 13.1. The fourth-order valence-corrected chi connectivity index (χ4v) is 3.48. The Morgan fingerprint density at radius 2 is 1.69 bits per heavy atom. The third-order valence-electron chi connectivity index (χ3n) is 5.05. The largest absolute Gasteiger partial charge is 0.466 e. The van der Waals surface area contributed by atoms with Crippen LogP contribution in [0.4, 0.5) is 0 Å². The SMILES string of the molecule is N[C@H]1CCC(=O)OCCCOC(=O)[C@H](O)[C@H](CC2CCCCC2)NC1=O. The number of hydrogen-bond donors (Lipinski definition) is 3. The van der Waals surface area contributed by atoms with Crippen molar-refractivity contribution in [3.63, 3.8) is 0 Å². The average Bonchev–Trinajstić information content (AvgIpc) is 2.64. The maximum atomic E-state index is 12.3. The molecule has 26 heavy (non-hydrogen) atoms. The molecule has 0 bridgehead atoms. The van der Waals surface area contributed by atoms with Crippen molar-refractivity contribution in [3.05, 3.63) is 0 Å². The van der Waals surface area contributed by atoms with Gasteiger partial charge in [0.25, 0.3) is 0 Å². The molecule has 1 amide bonds. The predicted molar refractivity (Wildman–Crippen MR) is 92.9 cm³/mol. The third-order valence-corrected chi connectivity index (χ3v) is 5.05. The standard InChI is InChI=1S/C18H30N2O6/c19-13-7-8-15(21)25-9-4-10-26-18(24)16(22)14(20-17(13)23)11-12-5-2-1-3-6-12/h12-14,16,22H,1-11,19H2,(H,20,23)/t13-,14-,16+/m0/s1. The Morgan fingerprint density at radius 1 is 1.00 bits per heavy atom. The molecule has 8 heteroatoms. The van der Waals surface area contributed by atoms with Crippen LogP contribution in [-0.2, 0) is 23.9 Å². The van der Waals surface area contributed by atoms with Crippen molar-refractivity contribution in [2.75, 3.05) is 13.2 Å². The molecule has 1 aliphatic heterocycles. The highest BCUT2D eigenvalue weighted by Crippen LogP contribution is 2.28. The summed E-state index contributed by atoms with van der Waals surface area (Å²) in [5.74, 6) is -1.34. The van der Waals surface area contributed by atoms with Gasteiger partial charge in [-0.2, -0.15) is 0 Å². The molecule has 1 saturated heterocycles. The van der Waals surface area contributed by atoms with Crippen molar-refractivity contribution in [2.24, 2.45) is 11.7 Å². The van der Waals surface area contributed by atoms with E-state index < -0.39 is 36.0 Å². The summed E-state index contributed by atoms with van der Waals surface area (Å²) in [6.45, 7) is 0.169. The Hall–Kier alpha value is -1.67. The maximum Gasteiger partial charge on any atom is 0.337 e. The second-order valence-corrected chi connectivity index (χ2v) is 7.19. The summed E-state index contributed by atoms with van der Waals surface area (Å²) < 4.78 is 10.0. The van der Waals surface area contributed by atoms with Crippen LogP contribution in [-0.4, -0.2) is 54.4 Å². The summed E-state index contributed by atoms with van der Waals surface area (Å²) >= 11 is 0. The zero-order valence-electron chi connectivity index (χ0n) is 15.2. The van der Waals surface area contributed by atoms with Crippen molar-refractivity contribution in [2.45, 2.75) is 76.0 Å². The van der Waals surface area contributed by atoms with Gasteiger partial charge in [-0.3, -0.25) is 9.59 Å². The molecule has 3 atom stereocenters. The van der Waals surface area contributed by atoms with Crippen LogP contribution < -0.4 is 11.1 Å². The van der Waals surface area contributed by atoms with Crippen LogP contribution in [0.1, 0.15) is 57.8 Å². The molecule has 0 spiro atoms. The van der Waals surface area contributed by atoms with Crippen LogP contribution in [0.15, 0.2) is 0 Å². The first kappa shape index (κ1) is 20.6. The Kier molecular flexibility index (Phi) is 8.31. The molecule has 2 fully saturated rings. The number of nitrogens with one attached hydrogen (secondary N) is 1. The van der Waals surface area contributed by atoms with Crippen LogP contribution in [0, 0.1) is 5.92 Å². The topological polar surface area (TPSA) is 128 Å². The molecule has 4 N–H and O–H groups in total. The van der Waals surface area contributed by atoms with E-state index in [0.29, 0.717) is 18.8 Å². The Morgan fingerprint density at radius 3 is 2.42 bits per heavy atom. The Labute approximate surface area is 153 Å². The lowest BCUT2D eigenvalue weighted by Crippen LogP contribution is -2.53. The normalized spacial score (nSPS) is 30.7. The van der Waals surface area contributed by atoms with E-state index in [1.807, 2.05) is 0 Å². The van der Waals surface area contributed by atoms with E-state index in [2.05, 4.69) is 5.32 Å². The van der Waals surface area contributed by atoms with Gasteiger partial charge in [0, 0.05) is 12.8 Å². The van der Waals surface area contributed by atoms with E-state index in [1.54, 1.807) is 0 Å². The molecule has 2 aliphatic rings. The molecular formula is C18H30N2O6. The number of ether oxygens (including phenoxy) is 2. The highest BCUT2D eigenvalue weighted by atomic mass is 16.6. The van der Waals surface area contributed by atoms with E-state index in [1.165, 1.54) is 6.42 Å². The fraction of sp³-hybridized carbons (Fsp3) is 0.833. The molecule has 0 radical (unpaired) electrons. The molecule has 1 aliphatic carbocycles. The number of aliphatic hydroxyl groups excluding tert-OH is 1. The van der Waals surface area contributed by atoms with Gasteiger partial charge in [-0.1, -0.05) is 32.1 Å². The summed E-state index contributed by atoms with van der Waals surface area (Å²) in [5.41, 5.74) is 5.85.